The molecule has 3 aromatic rings. The van der Waals surface area contributed by atoms with Crippen molar-refractivity contribution >= 4 is 28.6 Å². The highest BCUT2D eigenvalue weighted by atomic mass is 16.5. The summed E-state index contributed by atoms with van der Waals surface area (Å²) >= 11 is 0. The van der Waals surface area contributed by atoms with Crippen molar-refractivity contribution in [2.24, 2.45) is 5.41 Å². The van der Waals surface area contributed by atoms with Gasteiger partial charge in [-0.25, -0.2) is 0 Å². The van der Waals surface area contributed by atoms with E-state index in [1.807, 2.05) is 35.0 Å². The fourth-order valence-electron chi connectivity index (χ4n) is 3.96. The number of hydrogen-bond donors (Lipinski definition) is 2. The molecule has 1 saturated carbocycles. The van der Waals surface area contributed by atoms with Gasteiger partial charge in [-0.3, -0.25) is 9.48 Å². The highest BCUT2D eigenvalue weighted by Crippen LogP contribution is 2.54. The first-order chi connectivity index (χ1) is 14.1. The van der Waals surface area contributed by atoms with Gasteiger partial charge in [0.2, 0.25) is 17.7 Å². The SMILES string of the molecule is C=CC(=O)N1C[C@H](Oc2nc(Nc3cnn(CC)c3)nc3[nH]ccc23)C2(CC2)C1. The zero-order valence-electron chi connectivity index (χ0n) is 16.3. The summed E-state index contributed by atoms with van der Waals surface area (Å²) in [5, 5.41) is 8.28. The van der Waals surface area contributed by atoms with E-state index in [4.69, 9.17) is 4.74 Å². The lowest BCUT2D eigenvalue weighted by Gasteiger charge is -2.19. The number of anilines is 2. The van der Waals surface area contributed by atoms with Crippen molar-refractivity contribution in [2.45, 2.75) is 32.4 Å². The van der Waals surface area contributed by atoms with Crippen molar-refractivity contribution in [3.63, 3.8) is 0 Å². The first-order valence-electron chi connectivity index (χ1n) is 9.83. The minimum Gasteiger partial charge on any atom is -0.471 e. The quantitative estimate of drug-likeness (QED) is 0.624. The monoisotopic (exact) mass is 393 g/mol. The van der Waals surface area contributed by atoms with Crippen molar-refractivity contribution in [3.05, 3.63) is 37.3 Å². The van der Waals surface area contributed by atoms with Gasteiger partial charge < -0.3 is 19.9 Å². The molecule has 1 spiro atoms. The van der Waals surface area contributed by atoms with Crippen molar-refractivity contribution in [1.82, 2.24) is 29.6 Å². The third-order valence-corrected chi connectivity index (χ3v) is 5.80. The fourth-order valence-corrected chi connectivity index (χ4v) is 3.96. The molecule has 9 nitrogen and oxygen atoms in total. The van der Waals surface area contributed by atoms with Gasteiger partial charge in [0.1, 0.15) is 11.8 Å². The molecule has 2 N–H and O–H groups in total. The largest absolute Gasteiger partial charge is 0.471 e. The molecule has 29 heavy (non-hydrogen) atoms. The third kappa shape index (κ3) is 3.12. The Morgan fingerprint density at radius 1 is 1.48 bits per heavy atom. The molecule has 1 atom stereocenters. The molecule has 0 aromatic carbocycles. The van der Waals surface area contributed by atoms with E-state index in [9.17, 15) is 4.79 Å². The molecule has 2 aliphatic rings. The van der Waals surface area contributed by atoms with Crippen molar-refractivity contribution < 1.29 is 9.53 Å². The predicted octanol–water partition coefficient (Wildman–Crippen LogP) is 2.47. The van der Waals surface area contributed by atoms with Crippen LogP contribution in [0.25, 0.3) is 11.0 Å². The number of aryl methyl sites for hydroxylation is 1. The smallest absolute Gasteiger partial charge is 0.246 e. The van der Waals surface area contributed by atoms with Crippen molar-refractivity contribution in [1.29, 1.82) is 0 Å². The molecular formula is C20H23N7O2. The maximum Gasteiger partial charge on any atom is 0.246 e. The van der Waals surface area contributed by atoms with Crippen LogP contribution in [0.15, 0.2) is 37.3 Å². The van der Waals surface area contributed by atoms with Gasteiger partial charge in [0.25, 0.3) is 0 Å². The van der Waals surface area contributed by atoms with E-state index in [0.29, 0.717) is 30.6 Å². The average Bonchev–Trinajstić information content (AvgIpc) is 3.07. The number of nitrogens with zero attached hydrogens (tertiary/aromatic N) is 5. The summed E-state index contributed by atoms with van der Waals surface area (Å²) in [6.45, 7) is 7.68. The van der Waals surface area contributed by atoms with Gasteiger partial charge in [-0.05, 0) is 31.9 Å². The fraction of sp³-hybridized carbons (Fsp3) is 0.400. The van der Waals surface area contributed by atoms with E-state index < -0.39 is 0 Å². The van der Waals surface area contributed by atoms with E-state index in [-0.39, 0.29) is 17.4 Å². The summed E-state index contributed by atoms with van der Waals surface area (Å²) < 4.78 is 8.22. The second kappa shape index (κ2) is 6.61. The van der Waals surface area contributed by atoms with Crippen LogP contribution in [0.2, 0.25) is 0 Å². The molecule has 1 amide bonds. The molecule has 4 heterocycles. The van der Waals surface area contributed by atoms with Gasteiger partial charge in [0, 0.05) is 30.9 Å². The Morgan fingerprint density at radius 2 is 2.34 bits per heavy atom. The summed E-state index contributed by atoms with van der Waals surface area (Å²) in [7, 11) is 0. The average molecular weight is 393 g/mol. The van der Waals surface area contributed by atoms with Crippen LogP contribution in [0, 0.1) is 5.41 Å². The Labute approximate surface area is 167 Å². The Morgan fingerprint density at radius 3 is 3.07 bits per heavy atom. The number of hydrogen-bond acceptors (Lipinski definition) is 6. The highest BCUT2D eigenvalue weighted by molar-refractivity contribution is 5.87. The lowest BCUT2D eigenvalue weighted by Crippen LogP contribution is -2.30. The summed E-state index contributed by atoms with van der Waals surface area (Å²) in [6, 6.07) is 1.91. The number of aromatic amines is 1. The molecule has 1 saturated heterocycles. The normalized spacial score (nSPS) is 19.6. The topological polar surface area (TPSA) is 101 Å². The molecule has 3 aromatic heterocycles. The molecular weight excluding hydrogens is 370 g/mol. The molecule has 9 heteroatoms. The van der Waals surface area contributed by atoms with Crippen LogP contribution in [0.1, 0.15) is 19.8 Å². The van der Waals surface area contributed by atoms with Crippen LogP contribution in [0.5, 0.6) is 5.88 Å². The summed E-state index contributed by atoms with van der Waals surface area (Å²) in [4.78, 5) is 26.2. The second-order valence-corrected chi connectivity index (χ2v) is 7.69. The summed E-state index contributed by atoms with van der Waals surface area (Å²) in [6.07, 6.45) is 8.85. The molecule has 1 aliphatic heterocycles. The third-order valence-electron chi connectivity index (χ3n) is 5.80. The lowest BCUT2D eigenvalue weighted by atomic mass is 10.0. The number of ether oxygens (including phenoxy) is 1. The van der Waals surface area contributed by atoms with E-state index >= 15 is 0 Å². The van der Waals surface area contributed by atoms with Gasteiger partial charge in [0.05, 0.1) is 23.8 Å². The molecule has 5 rings (SSSR count). The van der Waals surface area contributed by atoms with Gasteiger partial charge in [0.15, 0.2) is 0 Å². The molecule has 0 unspecified atom stereocenters. The summed E-state index contributed by atoms with van der Waals surface area (Å²) in [5.41, 5.74) is 1.54. The first kappa shape index (κ1) is 17.7. The van der Waals surface area contributed by atoms with Crippen LogP contribution in [-0.4, -0.2) is 54.7 Å². The van der Waals surface area contributed by atoms with E-state index in [1.54, 1.807) is 6.20 Å². The maximum absolute atomic E-state index is 12.1. The highest BCUT2D eigenvalue weighted by Gasteiger charge is 2.57. The van der Waals surface area contributed by atoms with Gasteiger partial charge in [-0.1, -0.05) is 6.58 Å². The van der Waals surface area contributed by atoms with Gasteiger partial charge in [-0.2, -0.15) is 15.1 Å². The summed E-state index contributed by atoms with van der Waals surface area (Å²) in [5.74, 6) is 0.908. The Kier molecular flexibility index (Phi) is 4.04. The minimum atomic E-state index is -0.0879. The Hall–Kier alpha value is -3.36. The molecule has 1 aliphatic carbocycles. The lowest BCUT2D eigenvalue weighted by molar-refractivity contribution is -0.125. The molecule has 0 radical (unpaired) electrons. The second-order valence-electron chi connectivity index (χ2n) is 7.69. The van der Waals surface area contributed by atoms with Crippen LogP contribution in [0.4, 0.5) is 11.6 Å². The molecule has 0 bridgehead atoms. The number of amides is 1. The molecule has 2 fully saturated rings. The van der Waals surface area contributed by atoms with Gasteiger partial charge in [-0.15, -0.1) is 0 Å². The van der Waals surface area contributed by atoms with Crippen LogP contribution >= 0.6 is 0 Å². The Balaban J connectivity index is 1.43. The van der Waals surface area contributed by atoms with Gasteiger partial charge >= 0.3 is 0 Å². The maximum atomic E-state index is 12.1. The van der Waals surface area contributed by atoms with Crippen LogP contribution in [0.3, 0.4) is 0 Å². The van der Waals surface area contributed by atoms with Crippen molar-refractivity contribution in [3.8, 4) is 5.88 Å². The standard InChI is InChI=1S/C20H23N7O2/c1-3-16(28)26-11-15(20(12-26)6-7-20)29-18-14-5-8-21-17(14)24-19(25-18)23-13-9-22-27(4-2)10-13/h3,5,8-10,15H,1,4,6-7,11-12H2,2H3,(H2,21,23,24,25)/t15-/m0/s1. The minimum absolute atomic E-state index is 0.0299. The number of H-pyrrole nitrogens is 1. The van der Waals surface area contributed by atoms with Crippen molar-refractivity contribution in [2.75, 3.05) is 18.4 Å². The van der Waals surface area contributed by atoms with E-state index in [1.165, 1.54) is 6.08 Å². The Bertz CT molecular complexity index is 1080. The predicted molar refractivity (Wildman–Crippen MR) is 108 cm³/mol. The number of carbonyl (C=O) groups excluding carboxylic acids is 1. The first-order valence-corrected chi connectivity index (χ1v) is 9.83. The number of carbonyl (C=O) groups is 1. The zero-order valence-corrected chi connectivity index (χ0v) is 16.3. The number of aromatic nitrogens is 5. The number of nitrogens with one attached hydrogen (secondary N) is 2. The molecule has 150 valence electrons. The number of fused-ring (bicyclic) bond motifs is 1. The van der Waals surface area contributed by atoms with E-state index in [2.05, 4.69) is 31.9 Å². The number of rotatable bonds is 6. The zero-order chi connectivity index (χ0) is 20.0. The van der Waals surface area contributed by atoms with E-state index in [0.717, 1.165) is 30.5 Å². The van der Waals surface area contributed by atoms with Crippen LogP contribution in [-0.2, 0) is 11.3 Å². The van der Waals surface area contributed by atoms with Crippen LogP contribution < -0.4 is 10.1 Å². The number of likely N-dealkylation sites (tertiary alicyclic amines) is 1.